The number of fused-ring (bicyclic) bond motifs is 1. The van der Waals surface area contributed by atoms with Crippen molar-refractivity contribution in [3.8, 4) is 5.75 Å². The van der Waals surface area contributed by atoms with Gasteiger partial charge in [0.15, 0.2) is 6.10 Å². The summed E-state index contributed by atoms with van der Waals surface area (Å²) in [5.74, 6) is 0.290. The number of anilines is 2. The van der Waals surface area contributed by atoms with Crippen molar-refractivity contribution < 1.29 is 23.9 Å². The number of carbonyl (C=O) groups excluding carboxylic acids is 3. The molecule has 3 heterocycles. The Bertz CT molecular complexity index is 1050. The van der Waals surface area contributed by atoms with Gasteiger partial charge in [0.1, 0.15) is 5.75 Å². The Morgan fingerprint density at radius 3 is 2.42 bits per heavy atom. The van der Waals surface area contributed by atoms with E-state index in [1.807, 2.05) is 30.3 Å². The molecule has 2 saturated heterocycles. The van der Waals surface area contributed by atoms with Gasteiger partial charge in [-0.25, -0.2) is 0 Å². The molecule has 0 saturated carbocycles. The zero-order valence-electron chi connectivity index (χ0n) is 18.4. The van der Waals surface area contributed by atoms with Crippen molar-refractivity contribution in [1.29, 1.82) is 0 Å². The molecule has 0 spiro atoms. The third-order valence-corrected chi connectivity index (χ3v) is 6.37. The highest BCUT2D eigenvalue weighted by Crippen LogP contribution is 2.35. The quantitative estimate of drug-likeness (QED) is 0.719. The first-order valence-electron chi connectivity index (χ1n) is 11.5. The molecule has 0 aliphatic carbocycles. The summed E-state index contributed by atoms with van der Waals surface area (Å²) >= 11 is 0. The lowest BCUT2D eigenvalue weighted by Gasteiger charge is -2.37. The molecule has 3 aliphatic rings. The number of para-hydroxylation sites is 2. The first-order valence-corrected chi connectivity index (χ1v) is 11.5. The van der Waals surface area contributed by atoms with Crippen LogP contribution < -0.4 is 14.5 Å². The monoisotopic (exact) mass is 449 g/mol. The normalized spacial score (nSPS) is 20.8. The van der Waals surface area contributed by atoms with Crippen LogP contribution in [0, 0.1) is 0 Å². The third kappa shape index (κ3) is 4.30. The van der Waals surface area contributed by atoms with Crippen molar-refractivity contribution in [2.75, 3.05) is 49.2 Å². The molecule has 2 fully saturated rings. The van der Waals surface area contributed by atoms with Crippen LogP contribution in [0.2, 0.25) is 0 Å². The number of amides is 3. The van der Waals surface area contributed by atoms with Crippen LogP contribution in [-0.4, -0.2) is 68.1 Å². The Balaban J connectivity index is 1.38. The van der Waals surface area contributed by atoms with E-state index in [-0.39, 0.29) is 24.3 Å². The highest BCUT2D eigenvalue weighted by atomic mass is 16.5. The van der Waals surface area contributed by atoms with Gasteiger partial charge in [0.05, 0.1) is 25.4 Å². The van der Waals surface area contributed by atoms with E-state index in [4.69, 9.17) is 9.47 Å². The van der Waals surface area contributed by atoms with Crippen LogP contribution in [-0.2, 0) is 14.3 Å². The predicted octanol–water partition coefficient (Wildman–Crippen LogP) is 2.47. The van der Waals surface area contributed by atoms with Crippen molar-refractivity contribution >= 4 is 29.1 Å². The third-order valence-electron chi connectivity index (χ3n) is 6.37. The van der Waals surface area contributed by atoms with E-state index in [0.717, 1.165) is 18.5 Å². The van der Waals surface area contributed by atoms with Gasteiger partial charge < -0.3 is 24.2 Å². The van der Waals surface area contributed by atoms with E-state index in [1.165, 1.54) is 0 Å². The molecule has 0 radical (unpaired) electrons. The summed E-state index contributed by atoms with van der Waals surface area (Å²) in [5, 5.41) is 0. The molecule has 1 atom stereocenters. The smallest absolute Gasteiger partial charge is 0.265 e. The number of morpholine rings is 1. The van der Waals surface area contributed by atoms with Gasteiger partial charge in [-0.05, 0) is 49.2 Å². The Labute approximate surface area is 192 Å². The van der Waals surface area contributed by atoms with E-state index in [1.54, 1.807) is 32.9 Å². The number of benzene rings is 2. The molecule has 8 nitrogen and oxygen atoms in total. The average Bonchev–Trinajstić information content (AvgIpc) is 2.88. The summed E-state index contributed by atoms with van der Waals surface area (Å²) in [7, 11) is 0. The molecule has 5 rings (SSSR count). The molecule has 0 N–H and O–H groups in total. The van der Waals surface area contributed by atoms with Gasteiger partial charge in [0.2, 0.25) is 5.91 Å². The predicted molar refractivity (Wildman–Crippen MR) is 123 cm³/mol. The molecule has 2 aromatic rings. The maximum Gasteiger partial charge on any atom is 0.265 e. The van der Waals surface area contributed by atoms with E-state index < -0.39 is 6.10 Å². The largest absolute Gasteiger partial charge is 0.476 e. The van der Waals surface area contributed by atoms with Crippen LogP contribution in [0.25, 0.3) is 0 Å². The van der Waals surface area contributed by atoms with Crippen molar-refractivity contribution in [2.45, 2.75) is 25.4 Å². The Morgan fingerprint density at radius 1 is 0.909 bits per heavy atom. The van der Waals surface area contributed by atoms with Gasteiger partial charge >= 0.3 is 0 Å². The minimum atomic E-state index is -0.771. The average molecular weight is 450 g/mol. The lowest BCUT2D eigenvalue weighted by Crippen LogP contribution is -2.54. The van der Waals surface area contributed by atoms with Gasteiger partial charge in [-0.15, -0.1) is 0 Å². The topological polar surface area (TPSA) is 79.4 Å². The fourth-order valence-electron chi connectivity index (χ4n) is 4.56. The molecule has 3 amide bonds. The molecular formula is C25H27N3O5. The highest BCUT2D eigenvalue weighted by Gasteiger charge is 2.36. The summed E-state index contributed by atoms with van der Waals surface area (Å²) < 4.78 is 11.4. The summed E-state index contributed by atoms with van der Waals surface area (Å²) in [6.45, 7) is 2.88. The lowest BCUT2D eigenvalue weighted by atomic mass is 10.1. The first-order chi connectivity index (χ1) is 16.1. The van der Waals surface area contributed by atoms with Crippen LogP contribution in [0.15, 0.2) is 48.5 Å². The minimum Gasteiger partial charge on any atom is -0.476 e. The molecule has 172 valence electrons. The van der Waals surface area contributed by atoms with Crippen molar-refractivity contribution in [2.24, 2.45) is 0 Å². The number of hydrogen-bond acceptors (Lipinski definition) is 5. The van der Waals surface area contributed by atoms with Gasteiger partial charge in [0.25, 0.3) is 11.8 Å². The Hall–Kier alpha value is -3.39. The second-order valence-electron chi connectivity index (χ2n) is 8.48. The van der Waals surface area contributed by atoms with E-state index in [0.29, 0.717) is 56.3 Å². The fourth-order valence-corrected chi connectivity index (χ4v) is 4.56. The zero-order chi connectivity index (χ0) is 22.8. The van der Waals surface area contributed by atoms with Gasteiger partial charge in [-0.2, -0.15) is 0 Å². The molecular weight excluding hydrogens is 422 g/mol. The molecule has 0 unspecified atom stereocenters. The van der Waals surface area contributed by atoms with Crippen LogP contribution in [0.1, 0.15) is 29.6 Å². The standard InChI is InChI=1S/C25H27N3O5/c29-23-7-3-4-12-27(23)19-10-8-18(9-11-19)24(30)28-17-22(25(31)26-13-15-32-16-14-26)33-21-6-2-1-5-20(21)28/h1-2,5-6,8-11,22H,3-4,7,12-17H2/t22-/m0/s1. The number of piperidine rings is 1. The summed E-state index contributed by atoms with van der Waals surface area (Å²) in [5.41, 5.74) is 1.94. The van der Waals surface area contributed by atoms with Crippen LogP contribution in [0.5, 0.6) is 5.75 Å². The zero-order valence-corrected chi connectivity index (χ0v) is 18.4. The Morgan fingerprint density at radius 2 is 1.67 bits per heavy atom. The van der Waals surface area contributed by atoms with Gasteiger partial charge in [-0.1, -0.05) is 12.1 Å². The molecule has 3 aliphatic heterocycles. The lowest BCUT2D eigenvalue weighted by molar-refractivity contribution is -0.142. The number of nitrogens with zero attached hydrogens (tertiary/aromatic N) is 3. The van der Waals surface area contributed by atoms with Gasteiger partial charge in [0, 0.05) is 37.3 Å². The second kappa shape index (κ2) is 9.23. The van der Waals surface area contributed by atoms with Crippen molar-refractivity contribution in [3.05, 3.63) is 54.1 Å². The number of carbonyl (C=O) groups is 3. The van der Waals surface area contributed by atoms with E-state index in [9.17, 15) is 14.4 Å². The number of rotatable bonds is 3. The second-order valence-corrected chi connectivity index (χ2v) is 8.48. The summed E-state index contributed by atoms with van der Waals surface area (Å²) in [6, 6.07) is 14.4. The number of ether oxygens (including phenoxy) is 2. The van der Waals surface area contributed by atoms with E-state index >= 15 is 0 Å². The van der Waals surface area contributed by atoms with E-state index in [2.05, 4.69) is 0 Å². The number of hydrogen-bond donors (Lipinski definition) is 0. The minimum absolute atomic E-state index is 0.118. The fraction of sp³-hybridized carbons (Fsp3) is 0.400. The first kappa shape index (κ1) is 21.5. The highest BCUT2D eigenvalue weighted by molar-refractivity contribution is 6.08. The summed E-state index contributed by atoms with van der Waals surface area (Å²) in [4.78, 5) is 43.9. The maximum absolute atomic E-state index is 13.5. The van der Waals surface area contributed by atoms with Crippen LogP contribution in [0.3, 0.4) is 0 Å². The SMILES string of the molecule is O=C([C@@H]1CN(C(=O)c2ccc(N3CCCCC3=O)cc2)c2ccccc2O1)N1CCOCC1. The van der Waals surface area contributed by atoms with Gasteiger partial charge in [-0.3, -0.25) is 14.4 Å². The molecule has 8 heteroatoms. The molecule has 0 aromatic heterocycles. The Kier molecular flexibility index (Phi) is 6.00. The molecule has 2 aromatic carbocycles. The van der Waals surface area contributed by atoms with Crippen LogP contribution >= 0.6 is 0 Å². The summed E-state index contributed by atoms with van der Waals surface area (Å²) in [6.07, 6.45) is 1.69. The van der Waals surface area contributed by atoms with Crippen molar-refractivity contribution in [1.82, 2.24) is 4.90 Å². The maximum atomic E-state index is 13.5. The molecule has 0 bridgehead atoms. The van der Waals surface area contributed by atoms with Crippen LogP contribution in [0.4, 0.5) is 11.4 Å². The molecule has 33 heavy (non-hydrogen) atoms. The van der Waals surface area contributed by atoms with Crippen molar-refractivity contribution in [3.63, 3.8) is 0 Å².